The van der Waals surface area contributed by atoms with Crippen LogP contribution in [-0.2, 0) is 9.59 Å². The zero-order valence-electron chi connectivity index (χ0n) is 9.97. The minimum absolute atomic E-state index is 0.0908. The molecule has 2 N–H and O–H groups in total. The van der Waals surface area contributed by atoms with Crippen molar-refractivity contribution in [2.75, 3.05) is 0 Å². The summed E-state index contributed by atoms with van der Waals surface area (Å²) in [6.45, 7) is 8.59. The van der Waals surface area contributed by atoms with Crippen LogP contribution in [0.25, 0.3) is 0 Å². The van der Waals surface area contributed by atoms with Crippen molar-refractivity contribution in [2.45, 2.75) is 32.7 Å². The molecule has 0 aliphatic carbocycles. The fourth-order valence-corrected chi connectivity index (χ4v) is 1.14. The molecule has 1 amide bonds. The first-order valence-corrected chi connectivity index (χ1v) is 4.76. The molecule has 0 atom stereocenters. The van der Waals surface area contributed by atoms with Gasteiger partial charge < -0.3 is 17.3 Å². The Labute approximate surface area is 97.4 Å². The topological polar surface area (TPSA) is 50.8 Å². The van der Waals surface area contributed by atoms with Gasteiger partial charge in [-0.15, -0.1) is 0 Å². The normalized spacial score (nSPS) is 11.2. The standard InChI is InChI=1S/C9H15NO2.BF4/c1-5-8(12)10-9(3,4)6-7(2)11;2-1(3,4)5/h5H,1,6H2,2-4H3,(H,10,12);/q;-1/p+1. The van der Waals surface area contributed by atoms with Crippen LogP contribution in [0.3, 0.4) is 0 Å². The summed E-state index contributed by atoms with van der Waals surface area (Å²) in [6.07, 6.45) is 1.65. The Kier molecular flexibility index (Phi) is 7.72. The first-order valence-electron chi connectivity index (χ1n) is 4.76. The van der Waals surface area contributed by atoms with Crippen LogP contribution in [-0.4, -0.2) is 24.5 Å². The number of hydrogen-bond acceptors (Lipinski definition) is 2. The zero-order valence-corrected chi connectivity index (χ0v) is 9.97. The molecule has 0 fully saturated rings. The van der Waals surface area contributed by atoms with E-state index in [9.17, 15) is 26.9 Å². The summed E-state index contributed by atoms with van der Waals surface area (Å²) in [6, 6.07) is 0. The second-order valence-corrected chi connectivity index (χ2v) is 4.11. The van der Waals surface area contributed by atoms with E-state index in [-0.39, 0.29) is 17.2 Å². The third-order valence-corrected chi connectivity index (χ3v) is 1.44. The van der Waals surface area contributed by atoms with Crippen LogP contribution in [0.4, 0.5) is 17.3 Å². The van der Waals surface area contributed by atoms with Gasteiger partial charge in [-0.25, -0.2) is 4.79 Å². The van der Waals surface area contributed by atoms with Crippen LogP contribution in [0.1, 0.15) is 27.2 Å². The molecule has 0 aromatic rings. The minimum atomic E-state index is -6.00. The summed E-state index contributed by atoms with van der Waals surface area (Å²) in [5.74, 6) is -0.0330. The lowest BCUT2D eigenvalue weighted by Crippen LogP contribution is -2.98. The number of halogens is 4. The fourth-order valence-electron chi connectivity index (χ4n) is 1.14. The fraction of sp³-hybridized carbons (Fsp3) is 0.556. The van der Waals surface area contributed by atoms with Gasteiger partial charge in [-0.3, -0.25) is 10.1 Å². The molecule has 0 rings (SSSR count). The van der Waals surface area contributed by atoms with E-state index >= 15 is 0 Å². The van der Waals surface area contributed by atoms with Crippen molar-refractivity contribution in [3.05, 3.63) is 12.7 Å². The highest BCUT2D eigenvalue weighted by Gasteiger charge is 2.25. The number of nitrogens with two attached hydrogens (primary N) is 1. The predicted molar refractivity (Wildman–Crippen MR) is 56.7 cm³/mol. The highest BCUT2D eigenvalue weighted by molar-refractivity contribution is 6.50. The minimum Gasteiger partial charge on any atom is -0.418 e. The molecule has 0 aromatic carbocycles. The highest BCUT2D eigenvalue weighted by Crippen LogP contribution is 2.06. The molecule has 0 saturated heterocycles. The number of rotatable bonds is 4. The first-order chi connectivity index (χ1) is 7.37. The summed E-state index contributed by atoms with van der Waals surface area (Å²) in [5.41, 5.74) is -0.350. The Balaban J connectivity index is 0. The van der Waals surface area contributed by atoms with Gasteiger partial charge >= 0.3 is 13.2 Å². The lowest BCUT2D eigenvalue weighted by molar-refractivity contribution is -0.635. The summed E-state index contributed by atoms with van der Waals surface area (Å²) in [7, 11) is -6.00. The number of Topliss-reactive ketones (excluding diaryl/α,β-unsaturated/α-hetero) is 1. The van der Waals surface area contributed by atoms with Gasteiger partial charge in [0.25, 0.3) is 0 Å². The third-order valence-electron chi connectivity index (χ3n) is 1.44. The van der Waals surface area contributed by atoms with Crippen LogP contribution in [0, 0.1) is 0 Å². The Morgan fingerprint density at radius 1 is 1.29 bits per heavy atom. The van der Waals surface area contributed by atoms with Crippen molar-refractivity contribution in [2.24, 2.45) is 0 Å². The molecule has 0 aliphatic rings. The molecule has 0 aromatic heterocycles. The maximum atomic E-state index is 10.9. The number of carbonyl (C=O) groups excluding carboxylic acids is 2. The van der Waals surface area contributed by atoms with Gasteiger partial charge in [-0.2, -0.15) is 0 Å². The number of quaternary nitrogens is 1. The highest BCUT2D eigenvalue weighted by atomic mass is 19.5. The molecule has 0 unspecified atom stereocenters. The van der Waals surface area contributed by atoms with Crippen molar-refractivity contribution >= 4 is 18.9 Å². The lowest BCUT2D eigenvalue weighted by atomic mass is 9.98. The van der Waals surface area contributed by atoms with Crippen molar-refractivity contribution in [3.63, 3.8) is 0 Å². The average molecular weight is 257 g/mol. The van der Waals surface area contributed by atoms with Crippen molar-refractivity contribution in [1.29, 1.82) is 0 Å². The summed E-state index contributed by atoms with van der Waals surface area (Å²) >= 11 is 0. The van der Waals surface area contributed by atoms with Crippen molar-refractivity contribution < 1.29 is 32.2 Å². The lowest BCUT2D eigenvalue weighted by Gasteiger charge is -2.18. The molecule has 100 valence electrons. The smallest absolute Gasteiger partial charge is 0.418 e. The number of amides is 1. The SMILES string of the molecule is C=CC(=O)[NH2+]C(C)(C)CC(C)=O.F[B-](F)(F)F. The number of ketones is 1. The Bertz CT molecular complexity index is 283. The molecule has 8 heteroatoms. The first kappa shape index (κ1) is 18.2. The van der Waals surface area contributed by atoms with E-state index in [0.29, 0.717) is 6.42 Å². The molecule has 17 heavy (non-hydrogen) atoms. The Morgan fingerprint density at radius 2 is 1.65 bits per heavy atom. The molecule has 0 saturated carbocycles. The van der Waals surface area contributed by atoms with E-state index in [1.54, 1.807) is 0 Å². The predicted octanol–water partition coefficient (Wildman–Crippen LogP) is 1.32. The molecule has 0 bridgehead atoms. The van der Waals surface area contributed by atoms with Gasteiger partial charge in [0, 0.05) is 6.08 Å². The van der Waals surface area contributed by atoms with E-state index in [4.69, 9.17) is 0 Å². The maximum absolute atomic E-state index is 10.9. The average Bonchev–Trinajstić information content (AvgIpc) is 1.96. The molecular formula is C9H16BF4NO2. The maximum Gasteiger partial charge on any atom is 0.673 e. The van der Waals surface area contributed by atoms with E-state index < -0.39 is 7.25 Å². The second-order valence-electron chi connectivity index (χ2n) is 4.11. The van der Waals surface area contributed by atoms with Crippen molar-refractivity contribution in [1.82, 2.24) is 0 Å². The van der Waals surface area contributed by atoms with Gasteiger partial charge in [0.1, 0.15) is 11.3 Å². The van der Waals surface area contributed by atoms with E-state index in [1.807, 2.05) is 13.8 Å². The van der Waals surface area contributed by atoms with Crippen LogP contribution in [0.2, 0.25) is 0 Å². The second kappa shape index (κ2) is 7.21. The number of carbonyl (C=O) groups is 2. The quantitative estimate of drug-likeness (QED) is 0.469. The van der Waals surface area contributed by atoms with Gasteiger partial charge in [0.05, 0.1) is 6.42 Å². The van der Waals surface area contributed by atoms with Crippen LogP contribution in [0.15, 0.2) is 12.7 Å². The Morgan fingerprint density at radius 3 is 1.88 bits per heavy atom. The van der Waals surface area contributed by atoms with Crippen LogP contribution < -0.4 is 5.32 Å². The molecule has 0 spiro atoms. The van der Waals surface area contributed by atoms with Gasteiger partial charge in [0.15, 0.2) is 0 Å². The van der Waals surface area contributed by atoms with Gasteiger partial charge in [-0.1, -0.05) is 6.58 Å². The zero-order chi connectivity index (χ0) is 14.3. The van der Waals surface area contributed by atoms with Crippen LogP contribution >= 0.6 is 0 Å². The molecular weight excluding hydrogens is 241 g/mol. The largest absolute Gasteiger partial charge is 0.673 e. The third kappa shape index (κ3) is 20.8. The number of hydrogen-bond donors (Lipinski definition) is 1. The molecule has 0 radical (unpaired) electrons. The molecule has 0 heterocycles. The van der Waals surface area contributed by atoms with E-state index in [1.165, 1.54) is 18.3 Å². The monoisotopic (exact) mass is 257 g/mol. The molecule has 0 aliphatic heterocycles. The van der Waals surface area contributed by atoms with Crippen molar-refractivity contribution in [3.8, 4) is 0 Å². The Hall–Kier alpha value is -1.18. The van der Waals surface area contributed by atoms with Gasteiger partial charge in [-0.05, 0) is 20.8 Å². The molecule has 3 nitrogen and oxygen atoms in total. The van der Waals surface area contributed by atoms with Gasteiger partial charge in [0.2, 0.25) is 0 Å². The summed E-state index contributed by atoms with van der Waals surface area (Å²) in [5, 5.41) is 1.53. The van der Waals surface area contributed by atoms with Crippen LogP contribution in [0.5, 0.6) is 0 Å². The number of primary amides is 1. The summed E-state index contributed by atoms with van der Waals surface area (Å²) in [4.78, 5) is 21.7. The van der Waals surface area contributed by atoms with E-state index in [2.05, 4.69) is 6.58 Å². The summed E-state index contributed by atoms with van der Waals surface area (Å²) < 4.78 is 39.0. The van der Waals surface area contributed by atoms with E-state index in [0.717, 1.165) is 0 Å².